The highest BCUT2D eigenvalue weighted by atomic mass is 16.5. The van der Waals surface area contributed by atoms with E-state index >= 15 is 0 Å². The molecule has 0 saturated carbocycles. The number of piperazine rings is 1. The van der Waals surface area contributed by atoms with E-state index in [-0.39, 0.29) is 30.6 Å². The van der Waals surface area contributed by atoms with Gasteiger partial charge in [-0.1, -0.05) is 6.07 Å². The molecule has 1 aliphatic heterocycles. The fourth-order valence-corrected chi connectivity index (χ4v) is 3.03. The third-order valence-corrected chi connectivity index (χ3v) is 4.42. The topological polar surface area (TPSA) is 84.2 Å². The van der Waals surface area contributed by atoms with Gasteiger partial charge in [0.15, 0.2) is 0 Å². The van der Waals surface area contributed by atoms with E-state index in [9.17, 15) is 14.4 Å². The van der Waals surface area contributed by atoms with Crippen LogP contribution >= 0.6 is 0 Å². The first-order valence-corrected chi connectivity index (χ1v) is 8.75. The van der Waals surface area contributed by atoms with Gasteiger partial charge in [0.1, 0.15) is 0 Å². The van der Waals surface area contributed by atoms with E-state index in [1.165, 1.54) is 0 Å². The molecular formula is C18H22N4O4. The van der Waals surface area contributed by atoms with Gasteiger partial charge in [0.25, 0.3) is 5.91 Å². The summed E-state index contributed by atoms with van der Waals surface area (Å²) in [6, 6.07) is 5.58. The Labute approximate surface area is 151 Å². The molecule has 8 heteroatoms. The van der Waals surface area contributed by atoms with Crippen molar-refractivity contribution in [3.8, 4) is 0 Å². The second kappa shape index (κ2) is 7.99. The summed E-state index contributed by atoms with van der Waals surface area (Å²) in [6.45, 7) is 3.92. The zero-order valence-corrected chi connectivity index (χ0v) is 14.8. The van der Waals surface area contributed by atoms with Gasteiger partial charge >= 0.3 is 5.97 Å². The van der Waals surface area contributed by atoms with Crippen molar-refractivity contribution in [3.05, 3.63) is 36.2 Å². The Bertz CT molecular complexity index is 808. The molecule has 0 spiro atoms. The van der Waals surface area contributed by atoms with Crippen molar-refractivity contribution in [2.24, 2.45) is 0 Å². The van der Waals surface area contributed by atoms with Crippen LogP contribution in [-0.2, 0) is 14.3 Å². The molecule has 1 fully saturated rings. The Kier molecular flexibility index (Phi) is 5.50. The van der Waals surface area contributed by atoms with Crippen molar-refractivity contribution in [2.45, 2.75) is 19.8 Å². The predicted octanol–water partition coefficient (Wildman–Crippen LogP) is 0.962. The molecule has 2 aromatic heterocycles. The molecule has 0 radical (unpaired) electrons. The van der Waals surface area contributed by atoms with Crippen LogP contribution in [0.15, 0.2) is 30.6 Å². The minimum absolute atomic E-state index is 0.0789. The number of fused-ring (bicyclic) bond motifs is 1. The van der Waals surface area contributed by atoms with Crippen LogP contribution in [0, 0.1) is 0 Å². The number of hydrogen-bond acceptors (Lipinski definition) is 5. The standard InChI is InChI=1S/C18H22N4O4/c1-2-26-17(24)7-6-16(23)20-9-11-21(12-10-20)18(25)14-13-19-22-8-4-3-5-15(14)22/h3-5,8,13H,2,6-7,9-12H2,1H3. The fraction of sp³-hybridized carbons (Fsp3) is 0.444. The van der Waals surface area contributed by atoms with Crippen LogP contribution in [0.2, 0.25) is 0 Å². The molecule has 138 valence electrons. The van der Waals surface area contributed by atoms with Crippen LogP contribution < -0.4 is 0 Å². The number of pyridine rings is 1. The van der Waals surface area contributed by atoms with Gasteiger partial charge in [-0.3, -0.25) is 14.4 Å². The van der Waals surface area contributed by atoms with Gasteiger partial charge in [-0.25, -0.2) is 4.52 Å². The molecule has 0 N–H and O–H groups in total. The van der Waals surface area contributed by atoms with E-state index in [1.807, 2.05) is 18.2 Å². The first-order chi connectivity index (χ1) is 12.6. The fourth-order valence-electron chi connectivity index (χ4n) is 3.03. The Morgan fingerprint density at radius 3 is 2.54 bits per heavy atom. The zero-order valence-electron chi connectivity index (χ0n) is 14.8. The molecule has 26 heavy (non-hydrogen) atoms. The molecule has 0 atom stereocenters. The monoisotopic (exact) mass is 358 g/mol. The highest BCUT2D eigenvalue weighted by Crippen LogP contribution is 2.15. The van der Waals surface area contributed by atoms with Crippen molar-refractivity contribution in [3.63, 3.8) is 0 Å². The summed E-state index contributed by atoms with van der Waals surface area (Å²) in [6.07, 6.45) is 3.61. The largest absolute Gasteiger partial charge is 0.466 e. The zero-order chi connectivity index (χ0) is 18.5. The average molecular weight is 358 g/mol. The first kappa shape index (κ1) is 17.9. The minimum Gasteiger partial charge on any atom is -0.466 e. The maximum absolute atomic E-state index is 12.7. The summed E-state index contributed by atoms with van der Waals surface area (Å²) >= 11 is 0. The molecule has 1 saturated heterocycles. The highest BCUT2D eigenvalue weighted by Gasteiger charge is 2.26. The summed E-state index contributed by atoms with van der Waals surface area (Å²) in [5.74, 6) is -0.520. The van der Waals surface area contributed by atoms with Gasteiger partial charge in [-0.2, -0.15) is 5.10 Å². The molecule has 2 amide bonds. The number of amides is 2. The lowest BCUT2D eigenvalue weighted by Crippen LogP contribution is -2.50. The second-order valence-corrected chi connectivity index (χ2v) is 6.07. The number of nitrogens with zero attached hydrogens (tertiary/aromatic N) is 4. The number of aromatic nitrogens is 2. The Hall–Kier alpha value is -2.90. The third-order valence-electron chi connectivity index (χ3n) is 4.42. The van der Waals surface area contributed by atoms with E-state index in [1.54, 1.807) is 33.6 Å². The van der Waals surface area contributed by atoms with E-state index < -0.39 is 0 Å². The maximum Gasteiger partial charge on any atom is 0.306 e. The van der Waals surface area contributed by atoms with Crippen molar-refractivity contribution in [1.82, 2.24) is 19.4 Å². The molecular weight excluding hydrogens is 336 g/mol. The summed E-state index contributed by atoms with van der Waals surface area (Å²) < 4.78 is 6.50. The van der Waals surface area contributed by atoms with E-state index in [0.717, 1.165) is 5.52 Å². The Balaban J connectivity index is 1.54. The van der Waals surface area contributed by atoms with Crippen molar-refractivity contribution >= 4 is 23.3 Å². The smallest absolute Gasteiger partial charge is 0.306 e. The predicted molar refractivity (Wildman–Crippen MR) is 93.5 cm³/mol. The second-order valence-electron chi connectivity index (χ2n) is 6.07. The van der Waals surface area contributed by atoms with Crippen LogP contribution in [0.1, 0.15) is 30.1 Å². The summed E-state index contributed by atoms with van der Waals surface area (Å²) in [5.41, 5.74) is 1.33. The lowest BCUT2D eigenvalue weighted by molar-refractivity contribution is -0.146. The van der Waals surface area contributed by atoms with E-state index in [4.69, 9.17) is 4.74 Å². The van der Waals surface area contributed by atoms with Crippen LogP contribution in [0.3, 0.4) is 0 Å². The molecule has 3 rings (SSSR count). The van der Waals surface area contributed by atoms with Crippen LogP contribution in [0.4, 0.5) is 0 Å². The number of rotatable bonds is 5. The number of ether oxygens (including phenoxy) is 1. The van der Waals surface area contributed by atoms with Gasteiger partial charge in [-0.15, -0.1) is 0 Å². The summed E-state index contributed by atoms with van der Waals surface area (Å²) in [5, 5.41) is 4.19. The SMILES string of the molecule is CCOC(=O)CCC(=O)N1CCN(C(=O)c2cnn3ccccc23)CC1. The molecule has 0 aromatic carbocycles. The normalized spacial score (nSPS) is 14.5. The molecule has 2 aromatic rings. The quantitative estimate of drug-likeness (QED) is 0.744. The number of hydrogen-bond donors (Lipinski definition) is 0. The van der Waals surface area contributed by atoms with Crippen molar-refractivity contribution < 1.29 is 19.1 Å². The Morgan fingerprint density at radius 1 is 1.08 bits per heavy atom. The number of carbonyl (C=O) groups excluding carboxylic acids is 3. The van der Waals surface area contributed by atoms with Gasteiger partial charge in [0.2, 0.25) is 5.91 Å². The van der Waals surface area contributed by atoms with Gasteiger partial charge in [-0.05, 0) is 19.1 Å². The lowest BCUT2D eigenvalue weighted by atomic mass is 10.2. The maximum atomic E-state index is 12.7. The molecule has 8 nitrogen and oxygen atoms in total. The highest BCUT2D eigenvalue weighted by molar-refractivity contribution is 6.00. The number of esters is 1. The van der Waals surface area contributed by atoms with Crippen LogP contribution in [0.25, 0.3) is 5.52 Å². The molecule has 0 aliphatic carbocycles. The van der Waals surface area contributed by atoms with E-state index in [2.05, 4.69) is 5.10 Å². The molecule has 3 heterocycles. The van der Waals surface area contributed by atoms with Crippen LogP contribution in [0.5, 0.6) is 0 Å². The molecule has 0 bridgehead atoms. The minimum atomic E-state index is -0.359. The first-order valence-electron chi connectivity index (χ1n) is 8.75. The Morgan fingerprint density at radius 2 is 1.81 bits per heavy atom. The average Bonchev–Trinajstić information content (AvgIpc) is 3.10. The van der Waals surface area contributed by atoms with Gasteiger partial charge in [0, 0.05) is 38.8 Å². The summed E-state index contributed by atoms with van der Waals surface area (Å²) in [7, 11) is 0. The van der Waals surface area contributed by atoms with Crippen molar-refractivity contribution in [1.29, 1.82) is 0 Å². The van der Waals surface area contributed by atoms with E-state index in [0.29, 0.717) is 38.3 Å². The van der Waals surface area contributed by atoms with Crippen LogP contribution in [-0.4, -0.2) is 70.0 Å². The van der Waals surface area contributed by atoms with Gasteiger partial charge < -0.3 is 14.5 Å². The summed E-state index contributed by atoms with van der Waals surface area (Å²) in [4.78, 5) is 39.7. The molecule has 1 aliphatic rings. The van der Waals surface area contributed by atoms with Crippen molar-refractivity contribution in [2.75, 3.05) is 32.8 Å². The number of carbonyl (C=O) groups is 3. The molecule has 0 unspecified atom stereocenters. The third kappa shape index (κ3) is 3.84. The lowest BCUT2D eigenvalue weighted by Gasteiger charge is -2.34. The van der Waals surface area contributed by atoms with Gasteiger partial charge in [0.05, 0.1) is 30.3 Å².